The molecule has 1 aromatic heterocycles. The molecule has 0 N–H and O–H groups in total. The van der Waals surface area contributed by atoms with E-state index in [1.54, 1.807) is 6.20 Å². The molecule has 124 valence electrons. The minimum Gasteiger partial charge on any atom is -0.357 e. The van der Waals surface area contributed by atoms with Crippen molar-refractivity contribution in [1.82, 2.24) is 9.88 Å². The summed E-state index contributed by atoms with van der Waals surface area (Å²) < 4.78 is 0. The van der Waals surface area contributed by atoms with Gasteiger partial charge in [-0.1, -0.05) is 18.0 Å². The van der Waals surface area contributed by atoms with E-state index >= 15 is 0 Å². The fourth-order valence-electron chi connectivity index (χ4n) is 4.58. The zero-order valence-corrected chi connectivity index (χ0v) is 14.2. The number of rotatable bonds is 2. The zero-order valence-electron chi connectivity index (χ0n) is 13.5. The van der Waals surface area contributed by atoms with E-state index in [0.717, 1.165) is 56.7 Å². The summed E-state index contributed by atoms with van der Waals surface area (Å²) in [5.41, 5.74) is 0. The molecule has 4 rings (SSSR count). The smallest absolute Gasteiger partial charge is 0.225 e. The second-order valence-electron chi connectivity index (χ2n) is 7.29. The molecule has 1 aliphatic carbocycles. The Morgan fingerprint density at radius 2 is 1.78 bits per heavy atom. The number of hydrogen-bond acceptors (Lipinski definition) is 3. The van der Waals surface area contributed by atoms with E-state index in [4.69, 9.17) is 11.6 Å². The van der Waals surface area contributed by atoms with Gasteiger partial charge in [0.25, 0.3) is 0 Å². The van der Waals surface area contributed by atoms with E-state index in [2.05, 4.69) is 14.8 Å². The summed E-state index contributed by atoms with van der Waals surface area (Å²) in [7, 11) is 0. The SMILES string of the molecule is O=C(C1CCN(c2ccc(Cl)cn2)CC1)N1CC2CCCC2C1. The first-order valence-corrected chi connectivity index (χ1v) is 9.24. The summed E-state index contributed by atoms with van der Waals surface area (Å²) in [5, 5.41) is 0.665. The molecule has 3 aliphatic rings. The number of aromatic nitrogens is 1. The Labute approximate surface area is 142 Å². The summed E-state index contributed by atoms with van der Waals surface area (Å²) in [6.45, 7) is 3.85. The minimum atomic E-state index is 0.206. The van der Waals surface area contributed by atoms with Crippen molar-refractivity contribution in [2.75, 3.05) is 31.1 Å². The van der Waals surface area contributed by atoms with Gasteiger partial charge in [0.1, 0.15) is 5.82 Å². The molecule has 0 aromatic carbocycles. The number of pyridine rings is 1. The largest absolute Gasteiger partial charge is 0.357 e. The second kappa shape index (κ2) is 6.31. The van der Waals surface area contributed by atoms with Crippen molar-refractivity contribution < 1.29 is 4.79 Å². The summed E-state index contributed by atoms with van der Waals surface area (Å²) >= 11 is 5.90. The number of anilines is 1. The lowest BCUT2D eigenvalue weighted by Gasteiger charge is -2.34. The average molecular weight is 334 g/mol. The topological polar surface area (TPSA) is 36.4 Å². The van der Waals surface area contributed by atoms with Crippen molar-refractivity contribution in [3.63, 3.8) is 0 Å². The predicted octanol–water partition coefficient (Wildman–Crippen LogP) is 3.21. The number of fused-ring (bicyclic) bond motifs is 1. The third-order valence-corrected chi connectivity index (χ3v) is 6.14. The maximum Gasteiger partial charge on any atom is 0.225 e. The van der Waals surface area contributed by atoms with Crippen LogP contribution in [0, 0.1) is 17.8 Å². The number of piperidine rings is 1. The van der Waals surface area contributed by atoms with Crippen LogP contribution in [0.2, 0.25) is 5.02 Å². The Hall–Kier alpha value is -1.29. The van der Waals surface area contributed by atoms with Gasteiger partial charge in [0, 0.05) is 38.3 Å². The van der Waals surface area contributed by atoms with Crippen LogP contribution >= 0.6 is 11.6 Å². The molecule has 0 bridgehead atoms. The summed E-state index contributed by atoms with van der Waals surface area (Å²) in [5.74, 6) is 3.16. The average Bonchev–Trinajstić information content (AvgIpc) is 3.17. The Kier molecular flexibility index (Phi) is 4.18. The van der Waals surface area contributed by atoms with Crippen molar-refractivity contribution in [2.45, 2.75) is 32.1 Å². The summed E-state index contributed by atoms with van der Waals surface area (Å²) in [4.78, 5) is 21.6. The fourth-order valence-corrected chi connectivity index (χ4v) is 4.70. The number of hydrogen-bond donors (Lipinski definition) is 0. The standard InChI is InChI=1S/C18H24ClN3O/c19-16-4-5-17(20-10-16)21-8-6-13(7-9-21)18(23)22-11-14-2-1-3-15(14)12-22/h4-5,10,13-15H,1-3,6-9,11-12H2. The molecule has 23 heavy (non-hydrogen) atoms. The maximum atomic E-state index is 12.8. The van der Waals surface area contributed by atoms with Crippen LogP contribution in [0.1, 0.15) is 32.1 Å². The lowest BCUT2D eigenvalue weighted by atomic mass is 9.95. The predicted molar refractivity (Wildman–Crippen MR) is 91.6 cm³/mol. The van der Waals surface area contributed by atoms with Gasteiger partial charge in [0.2, 0.25) is 5.91 Å². The van der Waals surface area contributed by atoms with Crippen LogP contribution in [0.5, 0.6) is 0 Å². The molecule has 1 saturated carbocycles. The molecular formula is C18H24ClN3O. The number of carbonyl (C=O) groups is 1. The molecule has 2 atom stereocenters. The van der Waals surface area contributed by atoms with E-state index in [0.29, 0.717) is 10.9 Å². The molecular weight excluding hydrogens is 310 g/mol. The summed E-state index contributed by atoms with van der Waals surface area (Å²) in [6, 6.07) is 3.84. The van der Waals surface area contributed by atoms with Crippen LogP contribution in [-0.2, 0) is 4.79 Å². The van der Waals surface area contributed by atoms with Gasteiger partial charge in [-0.2, -0.15) is 0 Å². The van der Waals surface area contributed by atoms with E-state index < -0.39 is 0 Å². The first-order chi connectivity index (χ1) is 11.2. The van der Waals surface area contributed by atoms with E-state index in [1.807, 2.05) is 12.1 Å². The number of nitrogens with zero attached hydrogens (tertiary/aromatic N) is 3. The van der Waals surface area contributed by atoms with E-state index in [1.165, 1.54) is 19.3 Å². The number of carbonyl (C=O) groups excluding carboxylic acids is 1. The van der Waals surface area contributed by atoms with Gasteiger partial charge in [0.05, 0.1) is 5.02 Å². The molecule has 2 unspecified atom stereocenters. The monoisotopic (exact) mass is 333 g/mol. The van der Waals surface area contributed by atoms with Crippen molar-refractivity contribution in [2.24, 2.45) is 17.8 Å². The first kappa shape index (κ1) is 15.3. The van der Waals surface area contributed by atoms with Crippen molar-refractivity contribution in [3.8, 4) is 0 Å². The van der Waals surface area contributed by atoms with Crippen LogP contribution in [0.15, 0.2) is 18.3 Å². The molecule has 1 aromatic rings. The Bertz CT molecular complexity index is 556. The number of likely N-dealkylation sites (tertiary alicyclic amines) is 1. The van der Waals surface area contributed by atoms with Crippen molar-refractivity contribution in [3.05, 3.63) is 23.4 Å². The Balaban J connectivity index is 1.32. The van der Waals surface area contributed by atoms with Crippen LogP contribution in [0.4, 0.5) is 5.82 Å². The highest BCUT2D eigenvalue weighted by atomic mass is 35.5. The maximum absolute atomic E-state index is 12.8. The molecule has 2 aliphatic heterocycles. The van der Waals surface area contributed by atoms with Crippen molar-refractivity contribution in [1.29, 1.82) is 0 Å². The Morgan fingerprint density at radius 1 is 1.09 bits per heavy atom. The lowest BCUT2D eigenvalue weighted by Crippen LogP contribution is -2.42. The molecule has 0 radical (unpaired) electrons. The normalized spacial score (nSPS) is 28.2. The van der Waals surface area contributed by atoms with Crippen molar-refractivity contribution >= 4 is 23.3 Å². The van der Waals surface area contributed by atoms with Gasteiger partial charge in [-0.25, -0.2) is 4.98 Å². The molecule has 5 heteroatoms. The highest BCUT2D eigenvalue weighted by Gasteiger charge is 2.40. The molecule has 4 nitrogen and oxygen atoms in total. The molecule has 0 spiro atoms. The van der Waals surface area contributed by atoms with Gasteiger partial charge in [-0.15, -0.1) is 0 Å². The Morgan fingerprint density at radius 3 is 2.39 bits per heavy atom. The zero-order chi connectivity index (χ0) is 15.8. The van der Waals surface area contributed by atoms with Crippen LogP contribution in [0.25, 0.3) is 0 Å². The van der Waals surface area contributed by atoms with Gasteiger partial charge in [-0.3, -0.25) is 4.79 Å². The number of halogens is 1. The second-order valence-corrected chi connectivity index (χ2v) is 7.73. The molecule has 1 amide bonds. The van der Waals surface area contributed by atoms with Crippen LogP contribution < -0.4 is 4.90 Å². The highest BCUT2D eigenvalue weighted by molar-refractivity contribution is 6.30. The molecule has 2 saturated heterocycles. The van der Waals surface area contributed by atoms with Crippen LogP contribution in [0.3, 0.4) is 0 Å². The van der Waals surface area contributed by atoms with E-state index in [-0.39, 0.29) is 5.92 Å². The van der Waals surface area contributed by atoms with Crippen LogP contribution in [-0.4, -0.2) is 42.0 Å². The molecule has 3 fully saturated rings. The van der Waals surface area contributed by atoms with Gasteiger partial charge >= 0.3 is 0 Å². The van der Waals surface area contributed by atoms with E-state index in [9.17, 15) is 4.79 Å². The number of amides is 1. The van der Waals surface area contributed by atoms with Gasteiger partial charge in [-0.05, 0) is 49.7 Å². The van der Waals surface area contributed by atoms with Gasteiger partial charge in [0.15, 0.2) is 0 Å². The quantitative estimate of drug-likeness (QED) is 0.834. The molecule has 3 heterocycles. The first-order valence-electron chi connectivity index (χ1n) is 8.86. The highest BCUT2D eigenvalue weighted by Crippen LogP contribution is 2.38. The van der Waals surface area contributed by atoms with Gasteiger partial charge < -0.3 is 9.80 Å². The third-order valence-electron chi connectivity index (χ3n) is 5.92. The fraction of sp³-hybridized carbons (Fsp3) is 0.667. The summed E-state index contributed by atoms with van der Waals surface area (Å²) in [6.07, 6.45) is 7.59. The lowest BCUT2D eigenvalue weighted by molar-refractivity contribution is -0.135. The third kappa shape index (κ3) is 3.06. The minimum absolute atomic E-state index is 0.206.